The van der Waals surface area contributed by atoms with Crippen molar-refractivity contribution in [3.8, 4) is 22.8 Å². The lowest BCUT2D eigenvalue weighted by atomic mass is 10.0. The number of carboxylic acid groups (broad SMARTS) is 1. The van der Waals surface area contributed by atoms with Crippen LogP contribution in [0.25, 0.3) is 22.8 Å². The summed E-state index contributed by atoms with van der Waals surface area (Å²) in [5.41, 5.74) is 2.41. The second-order valence-electron chi connectivity index (χ2n) is 12.2. The van der Waals surface area contributed by atoms with Gasteiger partial charge in [0.15, 0.2) is 0 Å². The van der Waals surface area contributed by atoms with E-state index in [0.717, 1.165) is 31.6 Å². The van der Waals surface area contributed by atoms with Crippen LogP contribution in [0.1, 0.15) is 45.6 Å². The molecule has 0 bridgehead atoms. The topological polar surface area (TPSA) is 159 Å². The van der Waals surface area contributed by atoms with Crippen LogP contribution < -0.4 is 20.9 Å². The van der Waals surface area contributed by atoms with Gasteiger partial charge in [-0.3, -0.25) is 5.32 Å². The minimum atomic E-state index is -1.31. The normalized spacial score (nSPS) is 13.8. The number of nitrogens with one attached hydrogen (secondary N) is 3. The molecule has 1 aromatic heterocycles. The lowest BCUT2D eigenvalue weighted by molar-refractivity contribution is -0.139. The molecule has 2 heterocycles. The molecule has 47 heavy (non-hydrogen) atoms. The van der Waals surface area contributed by atoms with Crippen LogP contribution in [0, 0.1) is 5.82 Å². The zero-order valence-corrected chi connectivity index (χ0v) is 26.4. The summed E-state index contributed by atoms with van der Waals surface area (Å²) >= 11 is 0. The molecule has 1 aliphatic rings. The maximum Gasteiger partial charge on any atom is 0.412 e. The molecule has 1 aliphatic heterocycles. The molecule has 3 amide bonds. The van der Waals surface area contributed by atoms with Gasteiger partial charge >= 0.3 is 18.1 Å². The molecule has 1 unspecified atom stereocenters. The molecule has 1 atom stereocenters. The average molecular weight is 645 g/mol. The Morgan fingerprint density at radius 2 is 1.62 bits per heavy atom. The molecular weight excluding hydrogens is 607 g/mol. The first-order valence-electron chi connectivity index (χ1n) is 15.3. The second-order valence-corrected chi connectivity index (χ2v) is 12.2. The van der Waals surface area contributed by atoms with Crippen molar-refractivity contribution in [1.82, 2.24) is 15.5 Å². The van der Waals surface area contributed by atoms with E-state index in [2.05, 4.69) is 31.0 Å². The fourth-order valence-corrected chi connectivity index (χ4v) is 5.10. The van der Waals surface area contributed by atoms with E-state index in [0.29, 0.717) is 22.5 Å². The predicted octanol–water partition coefficient (Wildman–Crippen LogP) is 6.70. The molecular formula is C34H37FN6O6. The minimum absolute atomic E-state index is 0.00130. The SMILES string of the molecule is CC(C)(C)OC(=O)Nc1ccc(-c2nc(-c3ccc(CC(NC(=O)Nc4ccc(N5CCCCC5)cc4)C(=O)O)cc3F)no2)cc1. The molecule has 12 nitrogen and oxygen atoms in total. The van der Waals surface area contributed by atoms with Gasteiger partial charge in [0.1, 0.15) is 17.5 Å². The zero-order valence-electron chi connectivity index (χ0n) is 26.4. The monoisotopic (exact) mass is 644 g/mol. The third-order valence-corrected chi connectivity index (χ3v) is 7.37. The molecule has 246 valence electrons. The molecule has 0 aliphatic carbocycles. The Hall–Kier alpha value is -5.46. The highest BCUT2D eigenvalue weighted by Gasteiger charge is 2.23. The first kappa shape index (κ1) is 32.9. The Bertz CT molecular complexity index is 1710. The number of nitrogens with zero attached hydrogens (tertiary/aromatic N) is 3. The molecule has 13 heteroatoms. The summed E-state index contributed by atoms with van der Waals surface area (Å²) in [4.78, 5) is 43.2. The van der Waals surface area contributed by atoms with E-state index < -0.39 is 35.6 Å². The van der Waals surface area contributed by atoms with Gasteiger partial charge in [-0.15, -0.1) is 0 Å². The van der Waals surface area contributed by atoms with E-state index in [-0.39, 0.29) is 23.7 Å². The maximum atomic E-state index is 15.2. The van der Waals surface area contributed by atoms with Crippen molar-refractivity contribution >= 4 is 35.2 Å². The fraction of sp³-hybridized carbons (Fsp3) is 0.324. The standard InChI is InChI=1S/C34H37FN6O6/c1-34(2,3)46-33(45)37-24-10-8-22(9-11-24)30-39-29(40-47-30)26-16-7-21(19-27(26)35)20-28(31(42)43)38-32(44)36-23-12-14-25(15-13-23)41-17-5-4-6-18-41/h7-16,19,28H,4-6,17-18,20H2,1-3H3,(H,37,45)(H,42,43)(H2,36,38,44). The van der Waals surface area contributed by atoms with Crippen LogP contribution in [0.5, 0.6) is 0 Å². The van der Waals surface area contributed by atoms with Crippen LogP contribution in [-0.4, -0.2) is 58.1 Å². The summed E-state index contributed by atoms with van der Waals surface area (Å²) < 4.78 is 25.8. The van der Waals surface area contributed by atoms with E-state index in [9.17, 15) is 19.5 Å². The summed E-state index contributed by atoms with van der Waals surface area (Å²) in [7, 11) is 0. The van der Waals surface area contributed by atoms with Crippen molar-refractivity contribution in [3.63, 3.8) is 0 Å². The van der Waals surface area contributed by atoms with Crippen molar-refractivity contribution in [2.75, 3.05) is 28.6 Å². The number of halogens is 1. The van der Waals surface area contributed by atoms with Crippen LogP contribution in [0.3, 0.4) is 0 Å². The summed E-state index contributed by atoms with van der Waals surface area (Å²) in [5, 5.41) is 21.4. The number of carbonyl (C=O) groups excluding carboxylic acids is 2. The van der Waals surface area contributed by atoms with Gasteiger partial charge in [0, 0.05) is 42.1 Å². The number of benzene rings is 3. The zero-order chi connectivity index (χ0) is 33.6. The van der Waals surface area contributed by atoms with Crippen molar-refractivity contribution in [3.05, 3.63) is 78.1 Å². The summed E-state index contributed by atoms with van der Waals surface area (Å²) in [5.74, 6) is -1.82. The fourth-order valence-electron chi connectivity index (χ4n) is 5.10. The third-order valence-electron chi connectivity index (χ3n) is 7.37. The summed E-state index contributed by atoms with van der Waals surface area (Å²) in [6.45, 7) is 7.29. The van der Waals surface area contributed by atoms with Gasteiger partial charge < -0.3 is 29.9 Å². The Morgan fingerprint density at radius 3 is 2.26 bits per heavy atom. The molecule has 1 saturated heterocycles. The third kappa shape index (κ3) is 9.06. The number of ether oxygens (including phenoxy) is 1. The molecule has 4 aromatic rings. The number of piperidine rings is 1. The van der Waals surface area contributed by atoms with E-state index in [1.807, 2.05) is 12.1 Å². The lowest BCUT2D eigenvalue weighted by Crippen LogP contribution is -2.44. The average Bonchev–Trinajstić information content (AvgIpc) is 3.51. The Balaban J connectivity index is 1.18. The van der Waals surface area contributed by atoms with Crippen LogP contribution in [0.15, 0.2) is 71.3 Å². The number of aliphatic carboxylic acids is 1. The highest BCUT2D eigenvalue weighted by molar-refractivity contribution is 5.92. The number of carboxylic acids is 1. The quantitative estimate of drug-likeness (QED) is 0.156. The highest BCUT2D eigenvalue weighted by atomic mass is 19.1. The predicted molar refractivity (Wildman–Crippen MR) is 175 cm³/mol. The molecule has 0 spiro atoms. The van der Waals surface area contributed by atoms with Gasteiger partial charge in [0.2, 0.25) is 5.82 Å². The van der Waals surface area contributed by atoms with Crippen molar-refractivity contribution in [2.45, 2.75) is 58.1 Å². The summed E-state index contributed by atoms with van der Waals surface area (Å²) in [6.07, 6.45) is 2.78. The number of aromatic nitrogens is 2. The van der Waals surface area contributed by atoms with Crippen molar-refractivity contribution in [2.24, 2.45) is 0 Å². The lowest BCUT2D eigenvalue weighted by Gasteiger charge is -2.28. The van der Waals surface area contributed by atoms with Gasteiger partial charge in [0.05, 0.1) is 5.56 Å². The molecule has 0 saturated carbocycles. The number of urea groups is 1. The maximum absolute atomic E-state index is 15.2. The Kier molecular flexibility index (Phi) is 10.0. The largest absolute Gasteiger partial charge is 0.480 e. The number of anilines is 3. The number of amides is 3. The van der Waals surface area contributed by atoms with E-state index >= 15 is 4.39 Å². The first-order chi connectivity index (χ1) is 22.4. The molecule has 0 radical (unpaired) electrons. The number of hydrogen-bond acceptors (Lipinski definition) is 8. The first-order valence-corrected chi connectivity index (χ1v) is 15.3. The molecule has 4 N–H and O–H groups in total. The number of carbonyl (C=O) groups is 3. The molecule has 3 aromatic carbocycles. The van der Waals surface area contributed by atoms with E-state index in [1.54, 1.807) is 63.2 Å². The number of hydrogen-bond donors (Lipinski definition) is 4. The smallest absolute Gasteiger partial charge is 0.412 e. The van der Waals surface area contributed by atoms with Crippen LogP contribution in [-0.2, 0) is 16.0 Å². The van der Waals surface area contributed by atoms with Gasteiger partial charge in [-0.05, 0) is 106 Å². The van der Waals surface area contributed by atoms with E-state index in [1.165, 1.54) is 18.6 Å². The van der Waals surface area contributed by atoms with E-state index in [4.69, 9.17) is 9.26 Å². The second kappa shape index (κ2) is 14.3. The Morgan fingerprint density at radius 1 is 0.957 bits per heavy atom. The van der Waals surface area contributed by atoms with Crippen molar-refractivity contribution in [1.29, 1.82) is 0 Å². The molecule has 5 rings (SSSR count). The molecule has 1 fully saturated rings. The number of rotatable bonds is 9. The van der Waals surface area contributed by atoms with Crippen LogP contribution >= 0.6 is 0 Å². The van der Waals surface area contributed by atoms with Crippen molar-refractivity contribution < 1.29 is 33.1 Å². The Labute approximate surface area is 271 Å². The van der Waals surface area contributed by atoms with Crippen LogP contribution in [0.4, 0.5) is 31.0 Å². The highest BCUT2D eigenvalue weighted by Crippen LogP contribution is 2.27. The van der Waals surface area contributed by atoms with Gasteiger partial charge in [-0.2, -0.15) is 4.98 Å². The van der Waals surface area contributed by atoms with Gasteiger partial charge in [0.25, 0.3) is 5.89 Å². The van der Waals surface area contributed by atoms with Gasteiger partial charge in [-0.1, -0.05) is 11.2 Å². The van der Waals surface area contributed by atoms with Crippen LogP contribution in [0.2, 0.25) is 0 Å². The minimum Gasteiger partial charge on any atom is -0.480 e. The summed E-state index contributed by atoms with van der Waals surface area (Å²) in [6, 6.07) is 16.1. The van der Waals surface area contributed by atoms with Gasteiger partial charge in [-0.25, -0.2) is 18.8 Å².